The molecule has 1 N–H and O–H groups in total. The molecule has 1 aliphatic carbocycles. The molecular weight excluding hydrogens is 361 g/mol. The Morgan fingerprint density at radius 1 is 1.11 bits per heavy atom. The van der Waals surface area contributed by atoms with Gasteiger partial charge in [-0.15, -0.1) is 0 Å². The Balaban J connectivity index is 1.30. The molecule has 0 aliphatic heterocycles. The number of furan rings is 1. The van der Waals surface area contributed by atoms with Crippen LogP contribution in [-0.2, 0) is 40.1 Å². The lowest BCUT2D eigenvalue weighted by molar-refractivity contribution is -0.147. The van der Waals surface area contributed by atoms with Crippen molar-refractivity contribution in [1.29, 1.82) is 0 Å². The number of carbonyl (C=O) groups excluding carboxylic acids is 2. The predicted molar refractivity (Wildman–Crippen MR) is 101 cm³/mol. The van der Waals surface area contributed by atoms with Gasteiger partial charge in [0.1, 0.15) is 11.4 Å². The van der Waals surface area contributed by atoms with Gasteiger partial charge in [0.25, 0.3) is 5.91 Å². The van der Waals surface area contributed by atoms with E-state index in [4.69, 9.17) is 9.15 Å². The molecule has 6 heteroatoms. The van der Waals surface area contributed by atoms with Crippen LogP contribution in [0, 0.1) is 5.82 Å². The summed E-state index contributed by atoms with van der Waals surface area (Å²) >= 11 is 0. The van der Waals surface area contributed by atoms with Crippen LogP contribution >= 0.6 is 0 Å². The number of hydrogen-bond acceptors (Lipinski definition) is 4. The molecule has 1 aromatic heterocycles. The highest BCUT2D eigenvalue weighted by molar-refractivity contribution is 5.88. The summed E-state index contributed by atoms with van der Waals surface area (Å²) in [5, 5.41) is 3.46. The highest BCUT2D eigenvalue weighted by atomic mass is 19.1. The van der Waals surface area contributed by atoms with Gasteiger partial charge in [-0.1, -0.05) is 18.2 Å². The second-order valence-electron chi connectivity index (χ2n) is 6.94. The summed E-state index contributed by atoms with van der Waals surface area (Å²) in [4.78, 5) is 24.0. The number of fused-ring (bicyclic) bond motifs is 2. The number of carbonyl (C=O) groups is 2. The van der Waals surface area contributed by atoms with Crippen molar-refractivity contribution in [2.75, 3.05) is 6.61 Å². The topological polar surface area (TPSA) is 68.5 Å². The van der Waals surface area contributed by atoms with Gasteiger partial charge in [0.15, 0.2) is 6.61 Å². The zero-order chi connectivity index (χ0) is 19.5. The maximum absolute atomic E-state index is 13.5. The summed E-state index contributed by atoms with van der Waals surface area (Å²) in [5.74, 6) is -1.38. The highest BCUT2D eigenvalue weighted by Crippen LogP contribution is 2.30. The number of amides is 1. The van der Waals surface area contributed by atoms with Crippen LogP contribution < -0.4 is 5.32 Å². The van der Waals surface area contributed by atoms with Crippen LogP contribution in [0.25, 0.3) is 11.0 Å². The first-order chi connectivity index (χ1) is 13.6. The number of ether oxygens (including phenoxy) is 1. The van der Waals surface area contributed by atoms with E-state index in [9.17, 15) is 14.0 Å². The van der Waals surface area contributed by atoms with E-state index in [1.54, 1.807) is 24.5 Å². The highest BCUT2D eigenvalue weighted by Gasteiger charge is 2.17. The summed E-state index contributed by atoms with van der Waals surface area (Å²) in [5.41, 5.74) is 4.51. The van der Waals surface area contributed by atoms with Crippen LogP contribution in [0.3, 0.4) is 0 Å². The van der Waals surface area contributed by atoms with Gasteiger partial charge in [-0.2, -0.15) is 0 Å². The van der Waals surface area contributed by atoms with Crippen LogP contribution in [0.1, 0.15) is 28.7 Å². The lowest BCUT2D eigenvalue weighted by Crippen LogP contribution is -2.29. The largest absolute Gasteiger partial charge is 0.464 e. The molecule has 1 aliphatic rings. The molecule has 2 aromatic carbocycles. The number of nitrogens with one attached hydrogen (secondary N) is 1. The fraction of sp³-hybridized carbons (Fsp3) is 0.273. The van der Waals surface area contributed by atoms with E-state index in [1.807, 2.05) is 6.07 Å². The molecule has 0 spiro atoms. The predicted octanol–water partition coefficient (Wildman–Crippen LogP) is 3.46. The molecule has 0 saturated heterocycles. The second kappa shape index (κ2) is 7.84. The van der Waals surface area contributed by atoms with Crippen LogP contribution in [0.4, 0.5) is 4.39 Å². The minimum atomic E-state index is -0.510. The first-order valence-corrected chi connectivity index (χ1v) is 9.28. The molecule has 5 nitrogen and oxygen atoms in total. The van der Waals surface area contributed by atoms with Crippen LogP contribution in [-0.4, -0.2) is 18.5 Å². The van der Waals surface area contributed by atoms with E-state index in [-0.39, 0.29) is 13.0 Å². The van der Waals surface area contributed by atoms with Gasteiger partial charge in [-0.3, -0.25) is 9.59 Å². The molecule has 3 aromatic rings. The molecule has 1 heterocycles. The zero-order valence-electron chi connectivity index (χ0n) is 15.3. The van der Waals surface area contributed by atoms with Crippen molar-refractivity contribution in [3.05, 3.63) is 70.7 Å². The summed E-state index contributed by atoms with van der Waals surface area (Å²) in [7, 11) is 0. The van der Waals surface area contributed by atoms with E-state index >= 15 is 0 Å². The second-order valence-corrected chi connectivity index (χ2v) is 6.94. The van der Waals surface area contributed by atoms with E-state index in [0.29, 0.717) is 5.56 Å². The van der Waals surface area contributed by atoms with E-state index in [1.165, 1.54) is 17.2 Å². The fourth-order valence-corrected chi connectivity index (χ4v) is 3.52. The molecule has 0 atom stereocenters. The summed E-state index contributed by atoms with van der Waals surface area (Å²) in [6.07, 6.45) is 4.85. The van der Waals surface area contributed by atoms with E-state index in [2.05, 4.69) is 11.4 Å². The maximum atomic E-state index is 13.5. The van der Waals surface area contributed by atoms with Gasteiger partial charge >= 0.3 is 5.97 Å². The Morgan fingerprint density at radius 2 is 1.89 bits per heavy atom. The van der Waals surface area contributed by atoms with Crippen molar-refractivity contribution in [2.45, 2.75) is 32.2 Å². The van der Waals surface area contributed by atoms with Crippen molar-refractivity contribution in [3.8, 4) is 0 Å². The molecule has 0 fully saturated rings. The smallest absolute Gasteiger partial charge is 0.310 e. The van der Waals surface area contributed by atoms with Crippen LogP contribution in [0.5, 0.6) is 0 Å². The van der Waals surface area contributed by atoms with E-state index < -0.39 is 24.3 Å². The monoisotopic (exact) mass is 381 g/mol. The Bertz CT molecular complexity index is 1040. The Labute approximate surface area is 161 Å². The molecule has 144 valence electrons. The number of halogens is 1. The zero-order valence-corrected chi connectivity index (χ0v) is 15.3. The van der Waals surface area contributed by atoms with Crippen LogP contribution in [0.2, 0.25) is 0 Å². The molecule has 1 amide bonds. The molecule has 0 radical (unpaired) electrons. The first kappa shape index (κ1) is 18.2. The van der Waals surface area contributed by atoms with Gasteiger partial charge in [0, 0.05) is 23.1 Å². The lowest BCUT2D eigenvalue weighted by atomic mass is 10.0. The van der Waals surface area contributed by atoms with Crippen molar-refractivity contribution in [2.24, 2.45) is 0 Å². The van der Waals surface area contributed by atoms with Crippen molar-refractivity contribution >= 4 is 22.8 Å². The number of esters is 1. The quantitative estimate of drug-likeness (QED) is 0.664. The standard InChI is InChI=1S/C22H20FNO4/c23-19-7-2-1-4-16(19)11-24-21(25)13-28-22(26)10-17-12-27-20-9-15-6-3-5-14(15)8-18(17)20/h1-2,4,7-9,12H,3,5-6,10-11,13H2,(H,24,25). The third-order valence-electron chi connectivity index (χ3n) is 5.00. The summed E-state index contributed by atoms with van der Waals surface area (Å²) < 4.78 is 24.2. The average Bonchev–Trinajstić information content (AvgIpc) is 3.30. The lowest BCUT2D eigenvalue weighted by Gasteiger charge is -2.07. The van der Waals surface area contributed by atoms with Crippen LogP contribution in [0.15, 0.2) is 47.1 Å². The van der Waals surface area contributed by atoms with Gasteiger partial charge in [-0.25, -0.2) is 4.39 Å². The SMILES string of the molecule is O=C(COC(=O)Cc1coc2cc3c(cc12)CCC3)NCc1ccccc1F. The molecule has 0 saturated carbocycles. The van der Waals surface area contributed by atoms with Gasteiger partial charge in [0.2, 0.25) is 0 Å². The number of aryl methyl sites for hydroxylation is 2. The number of hydrogen-bond donors (Lipinski definition) is 1. The maximum Gasteiger partial charge on any atom is 0.310 e. The minimum absolute atomic E-state index is 0.0341. The first-order valence-electron chi connectivity index (χ1n) is 9.28. The van der Waals surface area contributed by atoms with Gasteiger partial charge in [0.05, 0.1) is 12.7 Å². The Hall–Kier alpha value is -3.15. The summed E-state index contributed by atoms with van der Waals surface area (Å²) in [6, 6.07) is 10.3. The summed E-state index contributed by atoms with van der Waals surface area (Å²) in [6.45, 7) is -0.362. The average molecular weight is 381 g/mol. The minimum Gasteiger partial charge on any atom is -0.464 e. The third kappa shape index (κ3) is 3.91. The van der Waals surface area contributed by atoms with Gasteiger partial charge in [-0.05, 0) is 48.6 Å². The third-order valence-corrected chi connectivity index (χ3v) is 5.00. The molecule has 0 bridgehead atoms. The fourth-order valence-electron chi connectivity index (χ4n) is 3.52. The number of rotatable bonds is 6. The van der Waals surface area contributed by atoms with Crippen molar-refractivity contribution < 1.29 is 23.1 Å². The Kier molecular flexibility index (Phi) is 5.10. The molecule has 4 rings (SSSR count). The Morgan fingerprint density at radius 3 is 2.71 bits per heavy atom. The van der Waals surface area contributed by atoms with Crippen molar-refractivity contribution in [3.63, 3.8) is 0 Å². The van der Waals surface area contributed by atoms with E-state index in [0.717, 1.165) is 35.8 Å². The number of benzene rings is 2. The van der Waals surface area contributed by atoms with Gasteiger partial charge < -0.3 is 14.5 Å². The van der Waals surface area contributed by atoms with Crippen molar-refractivity contribution in [1.82, 2.24) is 5.32 Å². The molecule has 0 unspecified atom stereocenters. The molecule has 28 heavy (non-hydrogen) atoms. The normalized spacial score (nSPS) is 12.8. The molecular formula is C22H20FNO4.